The van der Waals surface area contributed by atoms with Gasteiger partial charge >= 0.3 is 0 Å². The van der Waals surface area contributed by atoms with Crippen molar-refractivity contribution in [2.75, 3.05) is 116 Å². The second-order valence-electron chi connectivity index (χ2n) is 17.2. The Morgan fingerprint density at radius 1 is 0.818 bits per heavy atom. The van der Waals surface area contributed by atoms with E-state index in [0.717, 1.165) is 85.7 Å². The summed E-state index contributed by atoms with van der Waals surface area (Å²) in [4.78, 5) is 85.0. The van der Waals surface area contributed by atoms with Crippen LogP contribution in [0.5, 0.6) is 0 Å². The maximum Gasteiger partial charge on any atom is 0.270 e. The summed E-state index contributed by atoms with van der Waals surface area (Å²) >= 11 is 0. The predicted octanol–water partition coefficient (Wildman–Crippen LogP) is 2.94. The number of nitrogens with one attached hydrogen (secondary N) is 2. The van der Waals surface area contributed by atoms with Crippen molar-refractivity contribution in [2.24, 2.45) is 0 Å². The molecule has 4 aliphatic rings. The lowest BCUT2D eigenvalue weighted by molar-refractivity contribution is -0.136. The van der Waals surface area contributed by atoms with Crippen LogP contribution in [0, 0.1) is 0 Å². The number of hydrogen-bond donors (Lipinski definition) is 2. The van der Waals surface area contributed by atoms with E-state index in [0.29, 0.717) is 83.0 Å². The third-order valence-corrected chi connectivity index (χ3v) is 12.5. The summed E-state index contributed by atoms with van der Waals surface area (Å²) in [5, 5.41) is 6.26. The van der Waals surface area contributed by atoms with Crippen LogP contribution >= 0.6 is 0 Å². The number of fused-ring (bicyclic) bond motifs is 2. The van der Waals surface area contributed by atoms with Gasteiger partial charge in [0, 0.05) is 88.8 Å². The second-order valence-corrected chi connectivity index (χ2v) is 17.2. The van der Waals surface area contributed by atoms with E-state index < -0.39 is 29.7 Å². The Bertz CT molecular complexity index is 2360. The van der Waals surface area contributed by atoms with Gasteiger partial charge < -0.3 is 38.6 Å². The average molecular weight is 909 g/mol. The first-order valence-corrected chi connectivity index (χ1v) is 23.1. The number of pyridine rings is 1. The molecule has 352 valence electrons. The van der Waals surface area contributed by atoms with Gasteiger partial charge in [-0.15, -0.1) is 0 Å². The molecule has 0 spiro atoms. The number of rotatable bonds is 22. The number of ether oxygens (including phenoxy) is 4. The molecule has 8 rings (SSSR count). The van der Waals surface area contributed by atoms with E-state index in [9.17, 15) is 24.0 Å². The van der Waals surface area contributed by atoms with Crippen LogP contribution in [0.3, 0.4) is 0 Å². The number of benzene rings is 1. The molecular formula is C47H60N10O9. The number of aromatic nitrogens is 4. The number of piperidine rings is 1. The zero-order valence-electron chi connectivity index (χ0n) is 37.9. The molecular weight excluding hydrogens is 849 g/mol. The molecule has 2 N–H and O–H groups in total. The SMILES string of the molecule is CN(C)C(=O)c1cc2cnc(Cc3ccc(N4CCN(CCOCCOCCOCCOCCNc5cccc6c5C(=O)N(C5CCC(=O)NC5=O)C6=O)CC4)cn3)nc2n1C1CCCC1. The molecule has 66 heavy (non-hydrogen) atoms. The van der Waals surface area contributed by atoms with E-state index in [1.165, 1.54) is 0 Å². The van der Waals surface area contributed by atoms with Gasteiger partial charge in [-0.1, -0.05) is 18.9 Å². The lowest BCUT2D eigenvalue weighted by atomic mass is 10.0. The van der Waals surface area contributed by atoms with Gasteiger partial charge in [-0.3, -0.25) is 44.1 Å². The van der Waals surface area contributed by atoms with E-state index in [1.54, 1.807) is 37.2 Å². The molecule has 3 aliphatic heterocycles. The Morgan fingerprint density at radius 2 is 1.53 bits per heavy atom. The van der Waals surface area contributed by atoms with Crippen LogP contribution in [-0.4, -0.2) is 176 Å². The monoisotopic (exact) mass is 908 g/mol. The number of hydrogen-bond acceptors (Lipinski definition) is 15. The van der Waals surface area contributed by atoms with Gasteiger partial charge in [-0.25, -0.2) is 9.97 Å². The number of nitrogens with zero attached hydrogens (tertiary/aromatic N) is 8. The van der Waals surface area contributed by atoms with Crippen LogP contribution in [0.25, 0.3) is 11.0 Å². The number of piperazine rings is 1. The van der Waals surface area contributed by atoms with Gasteiger partial charge in [-0.2, -0.15) is 0 Å². The number of anilines is 2. The van der Waals surface area contributed by atoms with Gasteiger partial charge in [0.05, 0.1) is 82.3 Å². The molecule has 4 aromatic rings. The Balaban J connectivity index is 0.646. The molecule has 19 nitrogen and oxygen atoms in total. The van der Waals surface area contributed by atoms with Crippen molar-refractivity contribution >= 4 is 51.9 Å². The second kappa shape index (κ2) is 22.1. The third kappa shape index (κ3) is 11.0. The highest BCUT2D eigenvalue weighted by atomic mass is 16.6. The lowest BCUT2D eigenvalue weighted by Gasteiger charge is -2.35. The standard InChI is InChI=1S/C47H60N10O9/c1-53(2)46(61)39-28-32-30-50-40(51-43(32)56(39)34-6-3-4-7-34)29-33-10-11-35(31-49-33)55-17-15-54(16-18-55)19-21-64-23-25-66-27-26-65-24-22-63-20-14-48-37-9-5-8-36-42(37)47(62)57(45(36)60)38-12-13-41(58)52-44(38)59/h5,8-11,28,30-31,34,38,48H,3-4,6-7,12-27,29H2,1-2H3,(H,52,58,59). The molecule has 1 aromatic carbocycles. The van der Waals surface area contributed by atoms with Crippen LogP contribution < -0.4 is 15.5 Å². The molecule has 1 saturated carbocycles. The molecule has 0 radical (unpaired) electrons. The molecule has 19 heteroatoms. The van der Waals surface area contributed by atoms with Crippen LogP contribution in [0.15, 0.2) is 48.8 Å². The van der Waals surface area contributed by atoms with Crippen LogP contribution in [0.2, 0.25) is 0 Å². The van der Waals surface area contributed by atoms with Crippen molar-refractivity contribution < 1.29 is 42.9 Å². The molecule has 3 aromatic heterocycles. The minimum absolute atomic E-state index is 0.0128. The van der Waals surface area contributed by atoms with Gasteiger partial charge in [0.15, 0.2) is 0 Å². The smallest absolute Gasteiger partial charge is 0.270 e. The highest BCUT2D eigenvalue weighted by Crippen LogP contribution is 2.35. The third-order valence-electron chi connectivity index (χ3n) is 12.5. The number of carbonyl (C=O) groups excluding carboxylic acids is 5. The van der Waals surface area contributed by atoms with Crippen LogP contribution in [0.4, 0.5) is 11.4 Å². The lowest BCUT2D eigenvalue weighted by Crippen LogP contribution is -2.54. The fraction of sp³-hybridized carbons (Fsp3) is 0.532. The molecule has 0 bridgehead atoms. The van der Waals surface area contributed by atoms with E-state index in [2.05, 4.69) is 42.1 Å². The molecule has 6 heterocycles. The van der Waals surface area contributed by atoms with Crippen molar-refractivity contribution in [3.63, 3.8) is 0 Å². The molecule has 1 unspecified atom stereocenters. The van der Waals surface area contributed by atoms with Crippen molar-refractivity contribution in [3.05, 3.63) is 77.1 Å². The van der Waals surface area contributed by atoms with Crippen molar-refractivity contribution in [2.45, 2.75) is 57.0 Å². The van der Waals surface area contributed by atoms with E-state index in [-0.39, 0.29) is 35.9 Å². The molecule has 3 fully saturated rings. The fourth-order valence-corrected chi connectivity index (χ4v) is 9.03. The van der Waals surface area contributed by atoms with Crippen molar-refractivity contribution in [3.8, 4) is 0 Å². The predicted molar refractivity (Wildman–Crippen MR) is 244 cm³/mol. The van der Waals surface area contributed by atoms with Gasteiger partial charge in [-0.05, 0) is 49.6 Å². The van der Waals surface area contributed by atoms with Crippen LogP contribution in [-0.2, 0) is 35.0 Å². The number of imide groups is 2. The first-order valence-electron chi connectivity index (χ1n) is 23.1. The molecule has 2 saturated heterocycles. The van der Waals surface area contributed by atoms with E-state index in [4.69, 9.17) is 28.9 Å². The zero-order valence-corrected chi connectivity index (χ0v) is 37.9. The summed E-state index contributed by atoms with van der Waals surface area (Å²) in [7, 11) is 3.57. The van der Waals surface area contributed by atoms with Crippen molar-refractivity contribution in [1.82, 2.24) is 39.5 Å². The normalized spacial score (nSPS) is 18.1. The highest BCUT2D eigenvalue weighted by molar-refractivity contribution is 6.25. The largest absolute Gasteiger partial charge is 0.382 e. The average Bonchev–Trinajstić information content (AvgIpc) is 4.05. The minimum Gasteiger partial charge on any atom is -0.382 e. The molecule has 5 amide bonds. The zero-order chi connectivity index (χ0) is 46.0. The Hall–Kier alpha value is -5.86. The minimum atomic E-state index is -1.01. The molecule has 1 atom stereocenters. The Morgan fingerprint density at radius 3 is 2.21 bits per heavy atom. The summed E-state index contributed by atoms with van der Waals surface area (Å²) in [6, 6.07) is 10.3. The van der Waals surface area contributed by atoms with Gasteiger partial charge in [0.2, 0.25) is 11.8 Å². The maximum atomic E-state index is 13.2. The van der Waals surface area contributed by atoms with Crippen LogP contribution in [0.1, 0.15) is 87.3 Å². The summed E-state index contributed by atoms with van der Waals surface area (Å²) in [5.41, 5.74) is 4.44. The number of carbonyl (C=O) groups is 5. The molecule has 1 aliphatic carbocycles. The quantitative estimate of drug-likeness (QED) is 0.0861. The Labute approximate surface area is 384 Å². The maximum absolute atomic E-state index is 13.2. The Kier molecular flexibility index (Phi) is 15.6. The summed E-state index contributed by atoms with van der Waals surface area (Å²) in [5.74, 6) is -1.47. The first-order chi connectivity index (χ1) is 32.2. The van der Waals surface area contributed by atoms with Gasteiger partial charge in [0.1, 0.15) is 23.2 Å². The topological polar surface area (TPSA) is 203 Å². The fourth-order valence-electron chi connectivity index (χ4n) is 9.03. The summed E-state index contributed by atoms with van der Waals surface area (Å²) in [6.07, 6.45) is 8.90. The highest BCUT2D eigenvalue weighted by Gasteiger charge is 2.45. The van der Waals surface area contributed by atoms with E-state index in [1.807, 2.05) is 18.5 Å². The van der Waals surface area contributed by atoms with Gasteiger partial charge in [0.25, 0.3) is 17.7 Å². The first kappa shape index (κ1) is 46.7. The van der Waals surface area contributed by atoms with E-state index >= 15 is 0 Å². The number of amides is 5. The summed E-state index contributed by atoms with van der Waals surface area (Å²) < 4.78 is 24.9. The van der Waals surface area contributed by atoms with Crippen molar-refractivity contribution in [1.29, 1.82) is 0 Å². The summed E-state index contributed by atoms with van der Waals surface area (Å²) in [6.45, 7) is 8.59.